The molecule has 0 bridgehead atoms. The predicted octanol–water partition coefficient (Wildman–Crippen LogP) is 3.18. The van der Waals surface area contributed by atoms with Gasteiger partial charge in [0.05, 0.1) is 7.11 Å². The van der Waals surface area contributed by atoms with Crippen LogP contribution in [0.5, 0.6) is 5.75 Å². The number of hydrogen-bond donors (Lipinski definition) is 1. The molecule has 2 aromatic rings. The summed E-state index contributed by atoms with van der Waals surface area (Å²) in [6.07, 6.45) is 0.514. The first kappa shape index (κ1) is 19.0. The molecule has 0 radical (unpaired) electrons. The van der Waals surface area contributed by atoms with Crippen molar-refractivity contribution in [3.63, 3.8) is 0 Å². The lowest BCUT2D eigenvalue weighted by atomic mass is 9.92. The second-order valence-electron chi connectivity index (χ2n) is 7.89. The lowest BCUT2D eigenvalue weighted by Gasteiger charge is -2.37. The second-order valence-corrected chi connectivity index (χ2v) is 7.89. The molecule has 5 nitrogen and oxygen atoms in total. The van der Waals surface area contributed by atoms with E-state index in [0.717, 1.165) is 11.1 Å². The molecule has 5 heteroatoms. The minimum atomic E-state index is -0.534. The van der Waals surface area contributed by atoms with Gasteiger partial charge in [0.1, 0.15) is 11.8 Å². The van der Waals surface area contributed by atoms with Crippen molar-refractivity contribution >= 4 is 11.8 Å². The highest BCUT2D eigenvalue weighted by Gasteiger charge is 2.36. The molecule has 1 aliphatic heterocycles. The number of ether oxygens (including phenoxy) is 1. The lowest BCUT2D eigenvalue weighted by Crippen LogP contribution is -2.56. The fourth-order valence-corrected chi connectivity index (χ4v) is 3.32. The van der Waals surface area contributed by atoms with Crippen LogP contribution in [0.25, 0.3) is 0 Å². The van der Waals surface area contributed by atoms with Gasteiger partial charge < -0.3 is 15.0 Å². The molecule has 1 heterocycles. The molecule has 2 aromatic carbocycles. The zero-order valence-electron chi connectivity index (χ0n) is 16.3. The molecule has 1 atom stereocenters. The fourth-order valence-electron chi connectivity index (χ4n) is 3.32. The minimum absolute atomic E-state index is 0.126. The number of carbonyl (C=O) groups excluding carboxylic acids is 2. The Balaban J connectivity index is 1.92. The Bertz CT molecular complexity index is 837. The first-order chi connectivity index (χ1) is 12.8. The molecule has 0 fully saturated rings. The number of carbonyl (C=O) groups is 2. The van der Waals surface area contributed by atoms with E-state index in [9.17, 15) is 9.59 Å². The molecule has 2 amide bonds. The van der Waals surface area contributed by atoms with E-state index >= 15 is 0 Å². The molecular weight excluding hydrogens is 340 g/mol. The summed E-state index contributed by atoms with van der Waals surface area (Å²) in [5.74, 6) is 0.414. The summed E-state index contributed by atoms with van der Waals surface area (Å²) >= 11 is 0. The summed E-state index contributed by atoms with van der Waals surface area (Å²) in [7, 11) is 1.59. The normalized spacial score (nSPS) is 16.4. The van der Waals surface area contributed by atoms with E-state index in [0.29, 0.717) is 24.3 Å². The van der Waals surface area contributed by atoms with Crippen molar-refractivity contribution in [1.82, 2.24) is 10.2 Å². The van der Waals surface area contributed by atoms with E-state index in [1.807, 2.05) is 45.0 Å². The molecule has 0 spiro atoms. The van der Waals surface area contributed by atoms with Crippen molar-refractivity contribution in [1.29, 1.82) is 0 Å². The van der Waals surface area contributed by atoms with Crippen molar-refractivity contribution < 1.29 is 14.3 Å². The molecule has 0 saturated heterocycles. The van der Waals surface area contributed by atoms with Gasteiger partial charge in [-0.15, -0.1) is 0 Å². The molecule has 142 valence electrons. The molecule has 0 saturated carbocycles. The van der Waals surface area contributed by atoms with Gasteiger partial charge in [-0.2, -0.15) is 0 Å². The Labute approximate surface area is 160 Å². The average molecular weight is 366 g/mol. The van der Waals surface area contributed by atoms with Gasteiger partial charge in [0.15, 0.2) is 0 Å². The van der Waals surface area contributed by atoms with Crippen molar-refractivity contribution in [3.05, 3.63) is 65.2 Å². The molecule has 0 unspecified atom stereocenters. The SMILES string of the molecule is COc1ccc(C(=O)N2Cc3ccccc3C[C@H]2C(=O)NC(C)(C)C)cc1. The van der Waals surface area contributed by atoms with Gasteiger partial charge in [-0.25, -0.2) is 0 Å². The summed E-state index contributed by atoms with van der Waals surface area (Å²) in [6.45, 7) is 6.25. The zero-order chi connectivity index (χ0) is 19.6. The van der Waals surface area contributed by atoms with E-state index in [4.69, 9.17) is 4.74 Å². The van der Waals surface area contributed by atoms with Crippen LogP contribution in [0.4, 0.5) is 0 Å². The quantitative estimate of drug-likeness (QED) is 0.908. The van der Waals surface area contributed by atoms with E-state index in [-0.39, 0.29) is 17.4 Å². The van der Waals surface area contributed by atoms with Gasteiger partial charge in [0, 0.05) is 24.1 Å². The highest BCUT2D eigenvalue weighted by atomic mass is 16.5. The third kappa shape index (κ3) is 4.30. The number of methoxy groups -OCH3 is 1. The summed E-state index contributed by atoms with van der Waals surface area (Å²) in [6, 6.07) is 14.4. The van der Waals surface area contributed by atoms with Crippen LogP contribution in [0, 0.1) is 0 Å². The maximum Gasteiger partial charge on any atom is 0.254 e. The largest absolute Gasteiger partial charge is 0.497 e. The maximum absolute atomic E-state index is 13.2. The van der Waals surface area contributed by atoms with Crippen molar-refractivity contribution in [2.75, 3.05) is 7.11 Å². The molecule has 0 aliphatic carbocycles. The van der Waals surface area contributed by atoms with E-state index in [1.54, 1.807) is 36.3 Å². The molecule has 27 heavy (non-hydrogen) atoms. The van der Waals surface area contributed by atoms with E-state index in [1.165, 1.54) is 0 Å². The Morgan fingerprint density at radius 1 is 1.04 bits per heavy atom. The number of fused-ring (bicyclic) bond motifs is 1. The Morgan fingerprint density at radius 2 is 1.67 bits per heavy atom. The Hall–Kier alpha value is -2.82. The monoisotopic (exact) mass is 366 g/mol. The molecular formula is C22H26N2O3. The van der Waals surface area contributed by atoms with Gasteiger partial charge in [-0.3, -0.25) is 9.59 Å². The standard InChI is InChI=1S/C22H26N2O3/c1-22(2,3)23-20(25)19-13-16-7-5-6-8-17(16)14-24(19)21(26)15-9-11-18(27-4)12-10-15/h5-12,19H,13-14H2,1-4H3,(H,23,25)/t19-/m0/s1. The number of nitrogens with zero attached hydrogens (tertiary/aromatic N) is 1. The third-order valence-electron chi connectivity index (χ3n) is 4.65. The fraction of sp³-hybridized carbons (Fsp3) is 0.364. The summed E-state index contributed by atoms with van der Waals surface area (Å²) in [4.78, 5) is 27.8. The molecule has 0 aromatic heterocycles. The lowest BCUT2D eigenvalue weighted by molar-refractivity contribution is -0.127. The number of hydrogen-bond acceptors (Lipinski definition) is 3. The third-order valence-corrected chi connectivity index (χ3v) is 4.65. The maximum atomic E-state index is 13.2. The van der Waals surface area contributed by atoms with Crippen LogP contribution >= 0.6 is 0 Å². The molecule has 3 rings (SSSR count). The van der Waals surface area contributed by atoms with Gasteiger partial charge in [-0.1, -0.05) is 24.3 Å². The topological polar surface area (TPSA) is 58.6 Å². The number of nitrogens with one attached hydrogen (secondary N) is 1. The van der Waals surface area contributed by atoms with Crippen LogP contribution < -0.4 is 10.1 Å². The van der Waals surface area contributed by atoms with E-state index in [2.05, 4.69) is 5.32 Å². The number of amides is 2. The minimum Gasteiger partial charge on any atom is -0.497 e. The van der Waals surface area contributed by atoms with Gasteiger partial charge in [-0.05, 0) is 56.2 Å². The molecule has 1 aliphatic rings. The van der Waals surface area contributed by atoms with Crippen molar-refractivity contribution in [2.45, 2.75) is 45.3 Å². The highest BCUT2D eigenvalue weighted by molar-refractivity contribution is 5.98. The van der Waals surface area contributed by atoms with Gasteiger partial charge in [0.2, 0.25) is 5.91 Å². The van der Waals surface area contributed by atoms with Crippen LogP contribution in [-0.2, 0) is 17.8 Å². The highest BCUT2D eigenvalue weighted by Crippen LogP contribution is 2.26. The summed E-state index contributed by atoms with van der Waals surface area (Å²) in [5.41, 5.74) is 2.39. The van der Waals surface area contributed by atoms with Crippen molar-refractivity contribution in [2.24, 2.45) is 0 Å². The smallest absolute Gasteiger partial charge is 0.254 e. The first-order valence-electron chi connectivity index (χ1n) is 9.12. The second kappa shape index (κ2) is 7.43. The van der Waals surface area contributed by atoms with Gasteiger partial charge >= 0.3 is 0 Å². The van der Waals surface area contributed by atoms with Gasteiger partial charge in [0.25, 0.3) is 5.91 Å². The predicted molar refractivity (Wildman–Crippen MR) is 105 cm³/mol. The van der Waals surface area contributed by atoms with Crippen LogP contribution in [0.15, 0.2) is 48.5 Å². The van der Waals surface area contributed by atoms with Crippen LogP contribution in [-0.4, -0.2) is 35.4 Å². The van der Waals surface area contributed by atoms with Crippen LogP contribution in [0.2, 0.25) is 0 Å². The summed E-state index contributed by atoms with van der Waals surface area (Å²) < 4.78 is 5.17. The molecule has 1 N–H and O–H groups in total. The number of rotatable bonds is 3. The van der Waals surface area contributed by atoms with E-state index < -0.39 is 6.04 Å². The summed E-state index contributed by atoms with van der Waals surface area (Å²) in [5, 5.41) is 3.02. The van der Waals surface area contributed by atoms with Crippen LogP contribution in [0.3, 0.4) is 0 Å². The number of benzene rings is 2. The zero-order valence-corrected chi connectivity index (χ0v) is 16.3. The van der Waals surface area contributed by atoms with Crippen LogP contribution in [0.1, 0.15) is 42.3 Å². The Kier molecular flexibility index (Phi) is 5.22. The average Bonchev–Trinajstić information content (AvgIpc) is 2.65. The Morgan fingerprint density at radius 3 is 2.26 bits per heavy atom. The first-order valence-corrected chi connectivity index (χ1v) is 9.12. The van der Waals surface area contributed by atoms with Crippen molar-refractivity contribution in [3.8, 4) is 5.75 Å².